The SMILES string of the molecule is COc1ccc(C2/C(=C(\O)c3c(C)nc4ccccn34)C(=O)C(=O)N2Cc2cccnc2)cc1. The number of hydrogen-bond donors (Lipinski definition) is 1. The lowest BCUT2D eigenvalue weighted by Crippen LogP contribution is -2.29. The fraction of sp³-hybridized carbons (Fsp3) is 0.154. The van der Waals surface area contributed by atoms with Crippen molar-refractivity contribution in [1.82, 2.24) is 19.3 Å². The van der Waals surface area contributed by atoms with Gasteiger partial charge in [-0.3, -0.25) is 19.0 Å². The molecule has 1 aliphatic heterocycles. The van der Waals surface area contributed by atoms with Crippen molar-refractivity contribution in [2.45, 2.75) is 19.5 Å². The number of ketones is 1. The van der Waals surface area contributed by atoms with Crippen LogP contribution in [0, 0.1) is 6.92 Å². The molecule has 0 aliphatic carbocycles. The molecular formula is C26H22N4O4. The summed E-state index contributed by atoms with van der Waals surface area (Å²) in [4.78, 5) is 36.6. The van der Waals surface area contributed by atoms with Crippen LogP contribution in [0.2, 0.25) is 0 Å². The molecule has 0 spiro atoms. The number of fused-ring (bicyclic) bond motifs is 1. The second-order valence-corrected chi connectivity index (χ2v) is 8.04. The smallest absolute Gasteiger partial charge is 0.295 e. The van der Waals surface area contributed by atoms with Gasteiger partial charge in [0.05, 0.1) is 24.4 Å². The zero-order chi connectivity index (χ0) is 23.8. The number of hydrogen-bond acceptors (Lipinski definition) is 6. The Bertz CT molecular complexity index is 1420. The molecular weight excluding hydrogens is 432 g/mol. The molecule has 8 nitrogen and oxygen atoms in total. The number of pyridine rings is 2. The third-order valence-corrected chi connectivity index (χ3v) is 5.98. The Kier molecular flexibility index (Phi) is 5.33. The van der Waals surface area contributed by atoms with Crippen LogP contribution < -0.4 is 4.74 Å². The average Bonchev–Trinajstić information content (AvgIpc) is 3.33. The summed E-state index contributed by atoms with van der Waals surface area (Å²) in [7, 11) is 1.57. The number of likely N-dealkylation sites (tertiary alicyclic amines) is 1. The molecule has 1 saturated heterocycles. The van der Waals surface area contributed by atoms with Crippen LogP contribution in [0.3, 0.4) is 0 Å². The van der Waals surface area contributed by atoms with Gasteiger partial charge in [0.2, 0.25) is 0 Å². The second-order valence-electron chi connectivity index (χ2n) is 8.04. The minimum absolute atomic E-state index is 0.0211. The van der Waals surface area contributed by atoms with Crippen molar-refractivity contribution in [2.24, 2.45) is 0 Å². The fourth-order valence-corrected chi connectivity index (χ4v) is 4.39. The number of imidazole rings is 1. The molecule has 1 aromatic carbocycles. The van der Waals surface area contributed by atoms with Crippen LogP contribution in [0.15, 0.2) is 78.8 Å². The standard InChI is InChI=1S/C26H22N4O4/c1-16-22(29-13-4-3-7-20(29)28-16)24(31)21-23(18-8-10-19(34-2)11-9-18)30(26(33)25(21)32)15-17-6-5-12-27-14-17/h3-14,23,31H,15H2,1-2H3/b24-21+. The Labute approximate surface area is 195 Å². The quantitative estimate of drug-likeness (QED) is 0.281. The van der Waals surface area contributed by atoms with Crippen molar-refractivity contribution in [3.05, 3.63) is 101 Å². The topological polar surface area (TPSA) is 97.0 Å². The van der Waals surface area contributed by atoms with E-state index in [4.69, 9.17) is 4.74 Å². The molecule has 0 radical (unpaired) electrons. The first-order valence-corrected chi connectivity index (χ1v) is 10.7. The highest BCUT2D eigenvalue weighted by Crippen LogP contribution is 2.41. The zero-order valence-electron chi connectivity index (χ0n) is 18.7. The second kappa shape index (κ2) is 8.47. The third kappa shape index (κ3) is 3.49. The van der Waals surface area contributed by atoms with Crippen LogP contribution in [0.4, 0.5) is 0 Å². The number of ether oxygens (including phenoxy) is 1. The maximum atomic E-state index is 13.3. The van der Waals surface area contributed by atoms with Gasteiger partial charge in [0.1, 0.15) is 17.1 Å². The molecule has 3 aromatic heterocycles. The number of nitrogens with zero attached hydrogens (tertiary/aromatic N) is 4. The molecule has 1 amide bonds. The minimum atomic E-state index is -0.792. The van der Waals surface area contributed by atoms with E-state index >= 15 is 0 Å². The number of amides is 1. The van der Waals surface area contributed by atoms with E-state index in [1.54, 1.807) is 67.4 Å². The Hall–Kier alpha value is -4.46. The van der Waals surface area contributed by atoms with Gasteiger partial charge in [0.15, 0.2) is 5.76 Å². The summed E-state index contributed by atoms with van der Waals surface area (Å²) in [6.07, 6.45) is 5.06. The molecule has 4 aromatic rings. The number of carbonyl (C=O) groups excluding carboxylic acids is 2. The number of aliphatic hydroxyl groups excluding tert-OH is 1. The Morgan fingerprint density at radius 3 is 2.59 bits per heavy atom. The van der Waals surface area contributed by atoms with Crippen LogP contribution >= 0.6 is 0 Å². The first-order chi connectivity index (χ1) is 16.5. The number of carbonyl (C=O) groups is 2. The normalized spacial score (nSPS) is 17.5. The Morgan fingerprint density at radius 2 is 1.88 bits per heavy atom. The van der Waals surface area contributed by atoms with E-state index in [1.165, 1.54) is 4.90 Å². The summed E-state index contributed by atoms with van der Waals surface area (Å²) in [5.41, 5.74) is 3.04. The molecule has 0 bridgehead atoms. The van der Waals surface area contributed by atoms with Gasteiger partial charge in [-0.1, -0.05) is 24.3 Å². The van der Waals surface area contributed by atoms with Gasteiger partial charge < -0.3 is 14.7 Å². The van der Waals surface area contributed by atoms with Crippen molar-refractivity contribution >= 4 is 23.1 Å². The molecule has 1 aliphatic rings. The van der Waals surface area contributed by atoms with E-state index in [0.29, 0.717) is 28.3 Å². The molecule has 4 heterocycles. The summed E-state index contributed by atoms with van der Waals surface area (Å²) >= 11 is 0. The summed E-state index contributed by atoms with van der Waals surface area (Å²) in [5.74, 6) is -1.04. The number of benzene rings is 1. The molecule has 5 rings (SSSR count). The molecule has 1 N–H and O–H groups in total. The highest BCUT2D eigenvalue weighted by Gasteiger charge is 2.46. The number of rotatable bonds is 5. The summed E-state index contributed by atoms with van der Waals surface area (Å²) in [6.45, 7) is 1.92. The van der Waals surface area contributed by atoms with Crippen LogP contribution in [0.25, 0.3) is 11.4 Å². The maximum Gasteiger partial charge on any atom is 0.295 e. The Morgan fingerprint density at radius 1 is 1.09 bits per heavy atom. The van der Waals surface area contributed by atoms with Gasteiger partial charge in [-0.25, -0.2) is 4.98 Å². The van der Waals surface area contributed by atoms with Crippen LogP contribution in [-0.2, 0) is 16.1 Å². The number of methoxy groups -OCH3 is 1. The summed E-state index contributed by atoms with van der Waals surface area (Å²) < 4.78 is 6.98. The minimum Gasteiger partial charge on any atom is -0.505 e. The number of aryl methyl sites for hydroxylation is 1. The van der Waals surface area contributed by atoms with E-state index in [9.17, 15) is 14.7 Å². The largest absolute Gasteiger partial charge is 0.505 e. The van der Waals surface area contributed by atoms with Crippen molar-refractivity contribution in [3.8, 4) is 5.75 Å². The highest BCUT2D eigenvalue weighted by atomic mass is 16.5. The van der Waals surface area contributed by atoms with Gasteiger partial charge in [0, 0.05) is 25.1 Å². The van der Waals surface area contributed by atoms with Crippen molar-refractivity contribution in [2.75, 3.05) is 7.11 Å². The van der Waals surface area contributed by atoms with Gasteiger partial charge in [-0.2, -0.15) is 0 Å². The summed E-state index contributed by atoms with van der Waals surface area (Å²) in [6, 6.07) is 15.4. The van der Waals surface area contributed by atoms with Crippen LogP contribution in [0.1, 0.15) is 28.6 Å². The highest BCUT2D eigenvalue weighted by molar-refractivity contribution is 6.46. The van der Waals surface area contributed by atoms with Gasteiger partial charge in [-0.05, 0) is 48.4 Å². The molecule has 170 valence electrons. The number of aromatic nitrogens is 3. The molecule has 34 heavy (non-hydrogen) atoms. The lowest BCUT2D eigenvalue weighted by atomic mass is 9.96. The first-order valence-electron chi connectivity index (χ1n) is 10.7. The van der Waals surface area contributed by atoms with Crippen LogP contribution in [0.5, 0.6) is 5.75 Å². The molecule has 1 atom stereocenters. The van der Waals surface area contributed by atoms with Crippen LogP contribution in [-0.4, -0.2) is 43.2 Å². The monoisotopic (exact) mass is 454 g/mol. The number of Topliss-reactive ketones (excluding diaryl/α,β-unsaturated/α-hetero) is 1. The molecule has 1 fully saturated rings. The van der Waals surface area contributed by atoms with Gasteiger partial charge in [0.25, 0.3) is 11.7 Å². The summed E-state index contributed by atoms with van der Waals surface area (Å²) in [5, 5.41) is 11.5. The van der Waals surface area contributed by atoms with Crippen molar-refractivity contribution in [1.29, 1.82) is 0 Å². The van der Waals surface area contributed by atoms with E-state index in [2.05, 4.69) is 9.97 Å². The van der Waals surface area contributed by atoms with E-state index in [0.717, 1.165) is 5.56 Å². The van der Waals surface area contributed by atoms with E-state index < -0.39 is 17.7 Å². The predicted octanol–water partition coefficient (Wildman–Crippen LogP) is 3.67. The third-order valence-electron chi connectivity index (χ3n) is 5.98. The first kappa shape index (κ1) is 21.4. The fourth-order valence-electron chi connectivity index (χ4n) is 4.39. The molecule has 1 unspecified atom stereocenters. The van der Waals surface area contributed by atoms with Gasteiger partial charge in [-0.15, -0.1) is 0 Å². The molecule has 0 saturated carbocycles. The zero-order valence-corrected chi connectivity index (χ0v) is 18.7. The maximum absolute atomic E-state index is 13.3. The lowest BCUT2D eigenvalue weighted by Gasteiger charge is -2.25. The van der Waals surface area contributed by atoms with Crippen molar-refractivity contribution in [3.63, 3.8) is 0 Å². The van der Waals surface area contributed by atoms with Gasteiger partial charge >= 0.3 is 0 Å². The lowest BCUT2D eigenvalue weighted by molar-refractivity contribution is -0.140. The van der Waals surface area contributed by atoms with Crippen molar-refractivity contribution < 1.29 is 19.4 Å². The number of aliphatic hydroxyl groups is 1. The van der Waals surface area contributed by atoms with E-state index in [-0.39, 0.29) is 17.9 Å². The predicted molar refractivity (Wildman–Crippen MR) is 125 cm³/mol. The Balaban J connectivity index is 1.71. The average molecular weight is 454 g/mol. The molecule has 8 heteroatoms. The van der Waals surface area contributed by atoms with E-state index in [1.807, 2.05) is 24.3 Å².